The van der Waals surface area contributed by atoms with Crippen molar-refractivity contribution in [2.24, 2.45) is 0 Å². The highest BCUT2D eigenvalue weighted by molar-refractivity contribution is 5.19. The lowest BCUT2D eigenvalue weighted by Crippen LogP contribution is -2.43. The Morgan fingerprint density at radius 2 is 1.80 bits per heavy atom. The van der Waals surface area contributed by atoms with Crippen molar-refractivity contribution in [3.05, 3.63) is 35.9 Å². The SMILES string of the molecule is FC(F)(F)CN[C@@H](CN1CCOCC1)c1ccccc1. The zero-order valence-electron chi connectivity index (χ0n) is 11.2. The van der Waals surface area contributed by atoms with Crippen molar-refractivity contribution in [1.29, 1.82) is 0 Å². The maximum atomic E-state index is 12.4. The number of nitrogens with one attached hydrogen (secondary N) is 1. The van der Waals surface area contributed by atoms with E-state index in [4.69, 9.17) is 4.74 Å². The molecule has 0 spiro atoms. The third-order valence-corrected chi connectivity index (χ3v) is 3.30. The molecule has 0 radical (unpaired) electrons. The number of morpholine rings is 1. The van der Waals surface area contributed by atoms with Crippen LogP contribution >= 0.6 is 0 Å². The van der Waals surface area contributed by atoms with E-state index in [1.807, 2.05) is 30.3 Å². The Balaban J connectivity index is 1.99. The van der Waals surface area contributed by atoms with Crippen LogP contribution < -0.4 is 5.32 Å². The summed E-state index contributed by atoms with van der Waals surface area (Å²) in [5, 5.41) is 2.62. The average Bonchev–Trinajstić information content (AvgIpc) is 2.44. The van der Waals surface area contributed by atoms with E-state index in [-0.39, 0.29) is 6.04 Å². The van der Waals surface area contributed by atoms with E-state index in [9.17, 15) is 13.2 Å². The Morgan fingerprint density at radius 1 is 1.15 bits per heavy atom. The van der Waals surface area contributed by atoms with Crippen LogP contribution in [0, 0.1) is 0 Å². The normalized spacial score (nSPS) is 18.9. The molecule has 0 aromatic heterocycles. The number of halogens is 3. The van der Waals surface area contributed by atoms with Gasteiger partial charge in [-0.15, -0.1) is 0 Å². The van der Waals surface area contributed by atoms with Gasteiger partial charge in [-0.05, 0) is 5.56 Å². The van der Waals surface area contributed by atoms with Crippen LogP contribution in [0.25, 0.3) is 0 Å². The van der Waals surface area contributed by atoms with Crippen LogP contribution in [0.5, 0.6) is 0 Å². The molecule has 1 fully saturated rings. The van der Waals surface area contributed by atoms with Crippen molar-refractivity contribution in [3.8, 4) is 0 Å². The standard InChI is InChI=1S/C14H19F3N2O/c15-14(16,17)11-18-13(12-4-2-1-3-5-12)10-19-6-8-20-9-7-19/h1-5,13,18H,6-11H2/t13-/m0/s1. The number of benzene rings is 1. The van der Waals surface area contributed by atoms with Gasteiger partial charge in [0.05, 0.1) is 19.8 Å². The summed E-state index contributed by atoms with van der Waals surface area (Å²) in [5.74, 6) is 0. The van der Waals surface area contributed by atoms with Gasteiger partial charge in [0.25, 0.3) is 0 Å². The predicted molar refractivity (Wildman–Crippen MR) is 70.5 cm³/mol. The zero-order chi connectivity index (χ0) is 14.4. The van der Waals surface area contributed by atoms with E-state index in [2.05, 4.69) is 10.2 Å². The minimum absolute atomic E-state index is 0.323. The molecule has 1 N–H and O–H groups in total. The number of ether oxygens (including phenoxy) is 1. The highest BCUT2D eigenvalue weighted by Crippen LogP contribution is 2.19. The molecule has 112 valence electrons. The summed E-state index contributed by atoms with van der Waals surface area (Å²) >= 11 is 0. The van der Waals surface area contributed by atoms with E-state index in [1.54, 1.807) is 0 Å². The van der Waals surface area contributed by atoms with Crippen LogP contribution in [0.15, 0.2) is 30.3 Å². The molecular weight excluding hydrogens is 269 g/mol. The Morgan fingerprint density at radius 3 is 2.40 bits per heavy atom. The van der Waals surface area contributed by atoms with E-state index in [1.165, 1.54) is 0 Å². The highest BCUT2D eigenvalue weighted by atomic mass is 19.4. The monoisotopic (exact) mass is 288 g/mol. The maximum Gasteiger partial charge on any atom is 0.401 e. The van der Waals surface area contributed by atoms with Gasteiger partial charge in [0.1, 0.15) is 0 Å². The molecule has 1 aromatic rings. The first-order valence-corrected chi connectivity index (χ1v) is 6.70. The molecule has 6 heteroatoms. The molecule has 1 heterocycles. The van der Waals surface area contributed by atoms with Gasteiger partial charge < -0.3 is 10.1 Å². The molecule has 0 amide bonds. The van der Waals surface area contributed by atoms with Gasteiger partial charge in [-0.25, -0.2) is 0 Å². The van der Waals surface area contributed by atoms with Gasteiger partial charge in [0.2, 0.25) is 0 Å². The molecule has 0 aliphatic carbocycles. The molecule has 0 bridgehead atoms. The number of nitrogens with zero attached hydrogens (tertiary/aromatic N) is 1. The van der Waals surface area contributed by atoms with E-state index in [0.717, 1.165) is 18.7 Å². The molecule has 1 saturated heterocycles. The minimum Gasteiger partial charge on any atom is -0.379 e. The van der Waals surface area contributed by atoms with E-state index < -0.39 is 12.7 Å². The summed E-state index contributed by atoms with van der Waals surface area (Å²) < 4.78 is 42.5. The van der Waals surface area contributed by atoms with Crippen LogP contribution in [0.3, 0.4) is 0 Å². The highest BCUT2D eigenvalue weighted by Gasteiger charge is 2.29. The largest absolute Gasteiger partial charge is 0.401 e. The van der Waals surface area contributed by atoms with E-state index in [0.29, 0.717) is 19.8 Å². The van der Waals surface area contributed by atoms with Crippen molar-refractivity contribution < 1.29 is 17.9 Å². The lowest BCUT2D eigenvalue weighted by atomic mass is 10.1. The van der Waals surface area contributed by atoms with Crippen LogP contribution in [0.4, 0.5) is 13.2 Å². The number of alkyl halides is 3. The van der Waals surface area contributed by atoms with Gasteiger partial charge in [-0.1, -0.05) is 30.3 Å². The third-order valence-electron chi connectivity index (χ3n) is 3.30. The minimum atomic E-state index is -4.20. The molecule has 3 nitrogen and oxygen atoms in total. The van der Waals surface area contributed by atoms with Gasteiger partial charge in [-0.3, -0.25) is 4.90 Å². The summed E-state index contributed by atoms with van der Waals surface area (Å²) in [6, 6.07) is 8.94. The van der Waals surface area contributed by atoms with Crippen molar-refractivity contribution in [3.63, 3.8) is 0 Å². The number of hydrogen-bond acceptors (Lipinski definition) is 3. The molecule has 0 saturated carbocycles. The summed E-state index contributed by atoms with van der Waals surface area (Å²) in [4.78, 5) is 2.13. The summed E-state index contributed by atoms with van der Waals surface area (Å²) in [6.07, 6.45) is -4.20. The molecule has 2 rings (SSSR count). The lowest BCUT2D eigenvalue weighted by Gasteiger charge is -2.31. The quantitative estimate of drug-likeness (QED) is 0.899. The topological polar surface area (TPSA) is 24.5 Å². The van der Waals surface area contributed by atoms with Crippen molar-refractivity contribution in [2.45, 2.75) is 12.2 Å². The fraction of sp³-hybridized carbons (Fsp3) is 0.571. The van der Waals surface area contributed by atoms with E-state index >= 15 is 0 Å². The Bertz CT molecular complexity index is 391. The lowest BCUT2D eigenvalue weighted by molar-refractivity contribution is -0.126. The first-order valence-electron chi connectivity index (χ1n) is 6.70. The van der Waals surface area contributed by atoms with Gasteiger partial charge in [-0.2, -0.15) is 13.2 Å². The zero-order valence-corrected chi connectivity index (χ0v) is 11.2. The Kier molecular flexibility index (Phi) is 5.39. The van der Waals surface area contributed by atoms with Crippen molar-refractivity contribution >= 4 is 0 Å². The molecule has 0 unspecified atom stereocenters. The second-order valence-corrected chi connectivity index (χ2v) is 4.87. The second-order valence-electron chi connectivity index (χ2n) is 4.87. The molecule has 1 atom stereocenters. The van der Waals surface area contributed by atoms with Gasteiger partial charge in [0.15, 0.2) is 0 Å². The Hall–Kier alpha value is -1.11. The summed E-state index contributed by atoms with van der Waals surface area (Å²) in [7, 11) is 0. The van der Waals surface area contributed by atoms with Crippen LogP contribution in [-0.4, -0.2) is 50.5 Å². The molecule has 1 aliphatic heterocycles. The van der Waals surface area contributed by atoms with Crippen LogP contribution in [0.2, 0.25) is 0 Å². The number of rotatable bonds is 5. The van der Waals surface area contributed by atoms with Gasteiger partial charge in [0, 0.05) is 25.7 Å². The van der Waals surface area contributed by atoms with Crippen LogP contribution in [-0.2, 0) is 4.74 Å². The van der Waals surface area contributed by atoms with Crippen molar-refractivity contribution in [2.75, 3.05) is 39.4 Å². The first kappa shape index (κ1) is 15.3. The molecule has 1 aliphatic rings. The smallest absolute Gasteiger partial charge is 0.379 e. The fourth-order valence-electron chi connectivity index (χ4n) is 2.25. The predicted octanol–water partition coefficient (Wildman–Crippen LogP) is 2.21. The first-order chi connectivity index (χ1) is 9.54. The summed E-state index contributed by atoms with van der Waals surface area (Å²) in [5.41, 5.74) is 0.878. The van der Waals surface area contributed by atoms with Crippen molar-refractivity contribution in [1.82, 2.24) is 10.2 Å². The maximum absolute atomic E-state index is 12.4. The van der Waals surface area contributed by atoms with Gasteiger partial charge >= 0.3 is 6.18 Å². The molecule has 20 heavy (non-hydrogen) atoms. The molecule has 1 aromatic carbocycles. The Labute approximate surface area is 116 Å². The molecular formula is C14H19F3N2O. The van der Waals surface area contributed by atoms with Crippen LogP contribution in [0.1, 0.15) is 11.6 Å². The summed E-state index contributed by atoms with van der Waals surface area (Å²) in [6.45, 7) is 2.38. The second kappa shape index (κ2) is 7.06. The number of hydrogen-bond donors (Lipinski definition) is 1. The third kappa shape index (κ3) is 5.11. The fourth-order valence-corrected chi connectivity index (χ4v) is 2.25. The average molecular weight is 288 g/mol.